The molecule has 128 valence electrons. The molecule has 2 heterocycles. The van der Waals surface area contributed by atoms with Gasteiger partial charge >= 0.3 is 0 Å². The molecule has 3 rings (SSSR count). The van der Waals surface area contributed by atoms with Crippen LogP contribution in [0, 0.1) is 0 Å². The van der Waals surface area contributed by atoms with Crippen LogP contribution < -0.4 is 5.32 Å². The second-order valence-corrected chi connectivity index (χ2v) is 7.26. The fourth-order valence-corrected chi connectivity index (χ4v) is 3.52. The first kappa shape index (κ1) is 17.6. The Morgan fingerprint density at radius 3 is 2.62 bits per heavy atom. The van der Waals surface area contributed by atoms with Crippen molar-refractivity contribution in [2.24, 2.45) is 0 Å². The Balaban J connectivity index is 1.44. The fraction of sp³-hybridized carbons (Fsp3) is 0.400. The van der Waals surface area contributed by atoms with Gasteiger partial charge in [0.1, 0.15) is 5.51 Å². The molecular weight excluding hydrogens is 369 g/mol. The Bertz CT molecular complexity index is 689. The van der Waals surface area contributed by atoms with Gasteiger partial charge in [-0.15, -0.1) is 10.2 Å². The summed E-state index contributed by atoms with van der Waals surface area (Å²) in [4.78, 5) is 16.4. The lowest BCUT2D eigenvalue weighted by Crippen LogP contribution is -2.48. The van der Waals surface area contributed by atoms with Gasteiger partial charge in [0, 0.05) is 42.8 Å². The molecule has 1 amide bonds. The van der Waals surface area contributed by atoms with Gasteiger partial charge in [0.15, 0.2) is 0 Å². The van der Waals surface area contributed by atoms with Gasteiger partial charge in [0.05, 0.1) is 6.54 Å². The summed E-state index contributed by atoms with van der Waals surface area (Å²) < 4.78 is 0. The monoisotopic (exact) mass is 385 g/mol. The molecular formula is C15H17Cl2N5OS. The molecule has 0 bridgehead atoms. The average molecular weight is 386 g/mol. The summed E-state index contributed by atoms with van der Waals surface area (Å²) in [6.45, 7) is 4.63. The molecule has 0 aliphatic carbocycles. The van der Waals surface area contributed by atoms with Crippen LogP contribution in [0.2, 0.25) is 10.0 Å². The van der Waals surface area contributed by atoms with E-state index in [1.165, 1.54) is 11.3 Å². The Hall–Kier alpha value is -1.25. The minimum absolute atomic E-state index is 0.0547. The Morgan fingerprint density at radius 2 is 1.96 bits per heavy atom. The highest BCUT2D eigenvalue weighted by Gasteiger charge is 2.20. The summed E-state index contributed by atoms with van der Waals surface area (Å²) >= 11 is 13.5. The number of hydrogen-bond donors (Lipinski definition) is 1. The molecule has 0 radical (unpaired) electrons. The van der Waals surface area contributed by atoms with Crippen LogP contribution in [-0.4, -0.2) is 58.6 Å². The summed E-state index contributed by atoms with van der Waals surface area (Å²) in [5, 5.41) is 12.1. The molecule has 0 spiro atoms. The second kappa shape index (κ2) is 8.22. The zero-order valence-electron chi connectivity index (χ0n) is 12.9. The molecule has 0 unspecified atom stereocenters. The smallest absolute Gasteiger partial charge is 0.240 e. The molecule has 9 heteroatoms. The number of nitrogens with zero attached hydrogens (tertiary/aromatic N) is 4. The van der Waals surface area contributed by atoms with Crippen LogP contribution in [0.3, 0.4) is 0 Å². The van der Waals surface area contributed by atoms with Crippen molar-refractivity contribution in [3.8, 4) is 0 Å². The molecule has 1 aromatic carbocycles. The zero-order valence-corrected chi connectivity index (χ0v) is 15.2. The molecule has 1 fully saturated rings. The molecule has 6 nitrogen and oxygen atoms in total. The van der Waals surface area contributed by atoms with E-state index in [1.54, 1.807) is 11.6 Å². The van der Waals surface area contributed by atoms with E-state index >= 15 is 0 Å². The van der Waals surface area contributed by atoms with Crippen LogP contribution in [0.15, 0.2) is 23.7 Å². The van der Waals surface area contributed by atoms with Crippen molar-refractivity contribution in [1.29, 1.82) is 0 Å². The van der Waals surface area contributed by atoms with E-state index in [9.17, 15) is 4.79 Å². The van der Waals surface area contributed by atoms with Gasteiger partial charge in [-0.1, -0.05) is 40.6 Å². The topological polar surface area (TPSA) is 61.4 Å². The van der Waals surface area contributed by atoms with Crippen molar-refractivity contribution in [2.75, 3.05) is 38.0 Å². The number of benzene rings is 1. The summed E-state index contributed by atoms with van der Waals surface area (Å²) in [6, 6.07) is 5.59. The average Bonchev–Trinajstić information content (AvgIpc) is 3.04. The summed E-state index contributed by atoms with van der Waals surface area (Å²) in [7, 11) is 0. The van der Waals surface area contributed by atoms with E-state index in [-0.39, 0.29) is 5.91 Å². The van der Waals surface area contributed by atoms with Crippen LogP contribution in [-0.2, 0) is 11.3 Å². The Kier molecular flexibility index (Phi) is 6.02. The van der Waals surface area contributed by atoms with Crippen molar-refractivity contribution in [1.82, 2.24) is 20.0 Å². The second-order valence-electron chi connectivity index (χ2n) is 5.58. The minimum Gasteiger partial charge on any atom is -0.299 e. The molecule has 24 heavy (non-hydrogen) atoms. The van der Waals surface area contributed by atoms with Crippen LogP contribution in [0.5, 0.6) is 0 Å². The third-order valence-corrected chi connectivity index (χ3v) is 5.04. The number of carbonyl (C=O) groups excluding carboxylic acids is 1. The number of anilines is 1. The summed E-state index contributed by atoms with van der Waals surface area (Å²) in [5.74, 6) is -0.0547. The zero-order chi connectivity index (χ0) is 16.9. The lowest BCUT2D eigenvalue weighted by molar-refractivity contribution is -0.117. The Morgan fingerprint density at radius 1 is 1.21 bits per heavy atom. The predicted molar refractivity (Wildman–Crippen MR) is 96.7 cm³/mol. The maximum Gasteiger partial charge on any atom is 0.240 e. The number of aromatic nitrogens is 2. The Labute approximate surface area is 154 Å². The molecule has 1 N–H and O–H groups in total. The lowest BCUT2D eigenvalue weighted by Gasteiger charge is -2.34. The molecule has 0 saturated carbocycles. The first-order valence-electron chi connectivity index (χ1n) is 7.55. The first-order chi connectivity index (χ1) is 11.6. The number of nitrogens with one attached hydrogen (secondary N) is 1. The number of halogens is 2. The van der Waals surface area contributed by atoms with Gasteiger partial charge in [0.25, 0.3) is 0 Å². The highest BCUT2D eigenvalue weighted by molar-refractivity contribution is 7.13. The number of rotatable bonds is 5. The van der Waals surface area contributed by atoms with Gasteiger partial charge in [-0.3, -0.25) is 19.9 Å². The maximum atomic E-state index is 12.0. The van der Waals surface area contributed by atoms with Crippen LogP contribution in [0.4, 0.5) is 5.13 Å². The summed E-state index contributed by atoms with van der Waals surface area (Å²) in [5.41, 5.74) is 2.67. The minimum atomic E-state index is -0.0547. The van der Waals surface area contributed by atoms with E-state index in [1.807, 2.05) is 12.1 Å². The SMILES string of the molecule is O=C(CN1CCN(Cc2ccc(Cl)cc2Cl)CC1)Nc1nncs1. The van der Waals surface area contributed by atoms with Gasteiger partial charge < -0.3 is 0 Å². The predicted octanol–water partition coefficient (Wildman–Crippen LogP) is 2.60. The number of carbonyl (C=O) groups is 1. The lowest BCUT2D eigenvalue weighted by atomic mass is 10.2. The first-order valence-corrected chi connectivity index (χ1v) is 9.18. The quantitative estimate of drug-likeness (QED) is 0.856. The van der Waals surface area contributed by atoms with E-state index < -0.39 is 0 Å². The molecule has 0 atom stereocenters. The van der Waals surface area contributed by atoms with Crippen molar-refractivity contribution < 1.29 is 4.79 Å². The normalized spacial score (nSPS) is 16.2. The highest BCUT2D eigenvalue weighted by atomic mass is 35.5. The van der Waals surface area contributed by atoms with Crippen LogP contribution in [0.25, 0.3) is 0 Å². The number of amides is 1. The van der Waals surface area contributed by atoms with Crippen molar-refractivity contribution in [2.45, 2.75) is 6.54 Å². The van der Waals surface area contributed by atoms with Crippen molar-refractivity contribution in [3.63, 3.8) is 0 Å². The van der Waals surface area contributed by atoms with Crippen LogP contribution >= 0.6 is 34.5 Å². The molecule has 1 saturated heterocycles. The van der Waals surface area contributed by atoms with Gasteiger partial charge in [-0.05, 0) is 17.7 Å². The standard InChI is InChI=1S/C15H17Cl2N5OS/c16-12-2-1-11(13(17)7-12)8-21-3-5-22(6-4-21)9-14(23)19-15-20-18-10-24-15/h1-2,7,10H,3-6,8-9H2,(H,19,20,23). The van der Waals surface area contributed by atoms with Gasteiger partial charge in [-0.2, -0.15) is 0 Å². The van der Waals surface area contributed by atoms with Crippen LogP contribution in [0.1, 0.15) is 5.56 Å². The maximum absolute atomic E-state index is 12.0. The van der Waals surface area contributed by atoms with E-state index in [2.05, 4.69) is 25.3 Å². The van der Waals surface area contributed by atoms with Crippen molar-refractivity contribution in [3.05, 3.63) is 39.3 Å². The largest absolute Gasteiger partial charge is 0.299 e. The number of hydrogen-bond acceptors (Lipinski definition) is 6. The van der Waals surface area contributed by atoms with Gasteiger partial charge in [-0.25, -0.2) is 0 Å². The third-order valence-electron chi connectivity index (χ3n) is 3.85. The molecule has 1 aliphatic heterocycles. The number of piperazine rings is 1. The van der Waals surface area contributed by atoms with E-state index in [0.29, 0.717) is 21.7 Å². The third kappa shape index (κ3) is 4.87. The molecule has 1 aliphatic rings. The summed E-state index contributed by atoms with van der Waals surface area (Å²) in [6.07, 6.45) is 0. The highest BCUT2D eigenvalue weighted by Crippen LogP contribution is 2.22. The van der Waals surface area contributed by atoms with E-state index in [4.69, 9.17) is 23.2 Å². The van der Waals surface area contributed by atoms with E-state index in [0.717, 1.165) is 38.3 Å². The van der Waals surface area contributed by atoms with Gasteiger partial charge in [0.2, 0.25) is 11.0 Å². The molecule has 1 aromatic heterocycles. The fourth-order valence-electron chi connectivity index (χ4n) is 2.59. The van der Waals surface area contributed by atoms with Crippen molar-refractivity contribution >= 4 is 45.6 Å². The molecule has 2 aromatic rings.